The Balaban J connectivity index is 1.71. The smallest absolute Gasteiger partial charge is 0.243 e. The summed E-state index contributed by atoms with van der Waals surface area (Å²) in [5.74, 6) is -0.230. The second-order valence-electron chi connectivity index (χ2n) is 6.70. The summed E-state index contributed by atoms with van der Waals surface area (Å²) in [6.45, 7) is 1.44. The van der Waals surface area contributed by atoms with E-state index in [2.05, 4.69) is 15.9 Å². The van der Waals surface area contributed by atoms with Crippen LogP contribution in [0.5, 0.6) is 0 Å². The number of carbonyl (C=O) groups is 1. The molecule has 1 amide bonds. The molecule has 28 heavy (non-hydrogen) atoms. The van der Waals surface area contributed by atoms with Gasteiger partial charge in [-0.25, -0.2) is 8.42 Å². The Hall–Kier alpha value is -1.26. The van der Waals surface area contributed by atoms with Crippen molar-refractivity contribution in [3.63, 3.8) is 0 Å². The van der Waals surface area contributed by atoms with E-state index in [9.17, 15) is 13.2 Å². The van der Waals surface area contributed by atoms with E-state index in [1.54, 1.807) is 28.4 Å². The third kappa shape index (κ3) is 5.42. The van der Waals surface area contributed by atoms with E-state index < -0.39 is 10.0 Å². The van der Waals surface area contributed by atoms with Gasteiger partial charge in [0.05, 0.1) is 24.1 Å². The third-order valence-corrected chi connectivity index (χ3v) is 7.81. The number of halogens is 1. The first-order chi connectivity index (χ1) is 13.4. The lowest BCUT2D eigenvalue weighted by molar-refractivity contribution is -0.133. The lowest BCUT2D eigenvalue weighted by atomic mass is 10.2. The van der Waals surface area contributed by atoms with E-state index in [-0.39, 0.29) is 23.5 Å². The van der Waals surface area contributed by atoms with Gasteiger partial charge in [0.1, 0.15) is 0 Å². The average Bonchev–Trinajstić information content (AvgIpc) is 3.35. The van der Waals surface area contributed by atoms with Crippen LogP contribution in [0.1, 0.15) is 17.7 Å². The molecule has 1 saturated heterocycles. The molecule has 1 unspecified atom stereocenters. The highest BCUT2D eigenvalue weighted by atomic mass is 79.9. The van der Waals surface area contributed by atoms with Crippen LogP contribution in [0.15, 0.2) is 51.1 Å². The number of hydrogen-bond acceptors (Lipinski definition) is 5. The van der Waals surface area contributed by atoms with Gasteiger partial charge in [0.15, 0.2) is 0 Å². The summed E-state index contributed by atoms with van der Waals surface area (Å²) in [4.78, 5) is 15.9. The first-order valence-corrected chi connectivity index (χ1v) is 12.1. The van der Waals surface area contributed by atoms with Crippen molar-refractivity contribution in [1.29, 1.82) is 0 Å². The minimum absolute atomic E-state index is 0.0114. The molecular formula is C19H23BrN2O4S2. The fourth-order valence-corrected chi connectivity index (χ4v) is 5.15. The van der Waals surface area contributed by atoms with Crippen LogP contribution in [0.3, 0.4) is 0 Å². The molecule has 1 aromatic heterocycles. The van der Waals surface area contributed by atoms with Gasteiger partial charge in [-0.05, 0) is 48.6 Å². The highest BCUT2D eigenvalue weighted by Gasteiger charge is 2.28. The van der Waals surface area contributed by atoms with Crippen molar-refractivity contribution < 1.29 is 17.9 Å². The standard InChI is InChI=1S/C19H23BrN2O4S2/c1-21(28(24,25)18-8-6-15(20)7-9-18)14-19(23)22(12-16-4-2-10-26-16)13-17-5-3-11-27-17/h3,5-9,11,16H,2,4,10,12-14H2,1H3. The fraction of sp³-hybridized carbons (Fsp3) is 0.421. The molecule has 0 aliphatic carbocycles. The monoisotopic (exact) mass is 486 g/mol. The zero-order chi connectivity index (χ0) is 20.1. The van der Waals surface area contributed by atoms with Gasteiger partial charge in [0, 0.05) is 29.5 Å². The second-order valence-corrected chi connectivity index (χ2v) is 10.7. The van der Waals surface area contributed by atoms with Gasteiger partial charge in [-0.3, -0.25) is 4.79 Å². The van der Waals surface area contributed by atoms with Crippen molar-refractivity contribution in [2.24, 2.45) is 0 Å². The van der Waals surface area contributed by atoms with Gasteiger partial charge in [-0.15, -0.1) is 11.3 Å². The normalized spacial score (nSPS) is 17.2. The largest absolute Gasteiger partial charge is 0.376 e. The number of benzene rings is 1. The predicted octanol–water partition coefficient (Wildman–Crippen LogP) is 3.34. The summed E-state index contributed by atoms with van der Waals surface area (Å²) in [5, 5.41) is 1.97. The Bertz CT molecular complexity index is 879. The molecule has 1 aliphatic heterocycles. The summed E-state index contributed by atoms with van der Waals surface area (Å²) >= 11 is 4.88. The number of hydrogen-bond donors (Lipinski definition) is 0. The zero-order valence-electron chi connectivity index (χ0n) is 15.6. The van der Waals surface area contributed by atoms with Crippen molar-refractivity contribution in [2.75, 3.05) is 26.7 Å². The molecule has 0 bridgehead atoms. The minimum Gasteiger partial charge on any atom is -0.376 e. The molecule has 3 rings (SSSR count). The molecule has 0 N–H and O–H groups in total. The van der Waals surface area contributed by atoms with E-state index in [0.29, 0.717) is 19.7 Å². The first kappa shape index (κ1) is 21.4. The van der Waals surface area contributed by atoms with Crippen LogP contribution < -0.4 is 0 Å². The molecule has 1 atom stereocenters. The van der Waals surface area contributed by atoms with Crippen LogP contribution in [-0.4, -0.2) is 56.4 Å². The Kier molecular flexibility index (Phi) is 7.27. The highest BCUT2D eigenvalue weighted by Crippen LogP contribution is 2.20. The quantitative estimate of drug-likeness (QED) is 0.573. The molecular weight excluding hydrogens is 464 g/mol. The van der Waals surface area contributed by atoms with E-state index in [1.165, 1.54) is 19.2 Å². The number of amides is 1. The zero-order valence-corrected chi connectivity index (χ0v) is 18.8. The van der Waals surface area contributed by atoms with Crippen molar-refractivity contribution in [3.05, 3.63) is 51.1 Å². The van der Waals surface area contributed by atoms with Gasteiger partial charge in [0.25, 0.3) is 0 Å². The summed E-state index contributed by atoms with van der Waals surface area (Å²) in [5.41, 5.74) is 0. The van der Waals surface area contributed by atoms with Gasteiger partial charge < -0.3 is 9.64 Å². The molecule has 9 heteroatoms. The maximum Gasteiger partial charge on any atom is 0.243 e. The Morgan fingerprint density at radius 3 is 2.64 bits per heavy atom. The SMILES string of the molecule is CN(CC(=O)N(Cc1cccs1)CC1CCCO1)S(=O)(=O)c1ccc(Br)cc1. The lowest BCUT2D eigenvalue weighted by Gasteiger charge is -2.27. The molecule has 2 heterocycles. The van der Waals surface area contributed by atoms with Gasteiger partial charge in [-0.1, -0.05) is 22.0 Å². The van der Waals surface area contributed by atoms with Crippen LogP contribution in [0, 0.1) is 0 Å². The Labute approximate surface area is 178 Å². The van der Waals surface area contributed by atoms with Crippen LogP contribution in [0.25, 0.3) is 0 Å². The van der Waals surface area contributed by atoms with Crippen molar-refractivity contribution in [2.45, 2.75) is 30.4 Å². The summed E-state index contributed by atoms with van der Waals surface area (Å²) in [6.07, 6.45) is 1.92. The van der Waals surface area contributed by atoms with E-state index in [4.69, 9.17) is 4.74 Å². The van der Waals surface area contributed by atoms with Crippen LogP contribution in [-0.2, 0) is 26.1 Å². The van der Waals surface area contributed by atoms with Gasteiger partial charge >= 0.3 is 0 Å². The Morgan fingerprint density at radius 1 is 1.29 bits per heavy atom. The molecule has 6 nitrogen and oxygen atoms in total. The van der Waals surface area contributed by atoms with Crippen LogP contribution in [0.4, 0.5) is 0 Å². The molecule has 0 saturated carbocycles. The first-order valence-electron chi connectivity index (χ1n) is 9.00. The molecule has 0 radical (unpaired) electrons. The van der Waals surface area contributed by atoms with Crippen molar-refractivity contribution in [1.82, 2.24) is 9.21 Å². The van der Waals surface area contributed by atoms with Gasteiger partial charge in [0.2, 0.25) is 15.9 Å². The second kappa shape index (κ2) is 9.49. The molecule has 2 aromatic rings. The number of thiophene rings is 1. The average molecular weight is 487 g/mol. The van der Waals surface area contributed by atoms with E-state index >= 15 is 0 Å². The van der Waals surface area contributed by atoms with E-state index in [0.717, 1.165) is 26.5 Å². The molecule has 0 spiro atoms. The number of carbonyl (C=O) groups excluding carboxylic acids is 1. The highest BCUT2D eigenvalue weighted by molar-refractivity contribution is 9.10. The predicted molar refractivity (Wildman–Crippen MR) is 113 cm³/mol. The summed E-state index contributed by atoms with van der Waals surface area (Å²) in [6, 6.07) is 10.3. The van der Waals surface area contributed by atoms with Crippen molar-refractivity contribution >= 4 is 43.2 Å². The topological polar surface area (TPSA) is 66.9 Å². The molecule has 152 valence electrons. The summed E-state index contributed by atoms with van der Waals surface area (Å²) in [7, 11) is -2.30. The number of sulfonamides is 1. The van der Waals surface area contributed by atoms with Crippen molar-refractivity contribution in [3.8, 4) is 0 Å². The molecule has 1 fully saturated rings. The molecule has 1 aromatic carbocycles. The van der Waals surface area contributed by atoms with Gasteiger partial charge in [-0.2, -0.15) is 4.31 Å². The lowest BCUT2D eigenvalue weighted by Crippen LogP contribution is -2.43. The summed E-state index contributed by atoms with van der Waals surface area (Å²) < 4.78 is 33.1. The molecule has 1 aliphatic rings. The number of rotatable bonds is 8. The third-order valence-electron chi connectivity index (χ3n) is 4.61. The maximum atomic E-state index is 13.0. The maximum absolute atomic E-state index is 13.0. The minimum atomic E-state index is -3.74. The number of ether oxygens (including phenoxy) is 1. The number of likely N-dealkylation sites (N-methyl/N-ethyl adjacent to an activating group) is 1. The van der Waals surface area contributed by atoms with Crippen LogP contribution in [0.2, 0.25) is 0 Å². The number of nitrogens with zero attached hydrogens (tertiary/aromatic N) is 2. The van der Waals surface area contributed by atoms with Crippen LogP contribution >= 0.6 is 27.3 Å². The van der Waals surface area contributed by atoms with E-state index in [1.807, 2.05) is 17.5 Å². The Morgan fingerprint density at radius 2 is 2.04 bits per heavy atom. The fourth-order valence-electron chi connectivity index (χ4n) is 3.04.